The molecule has 1 aromatic carbocycles. The molecule has 0 aliphatic carbocycles. The predicted molar refractivity (Wildman–Crippen MR) is 94.7 cm³/mol. The minimum Gasteiger partial charge on any atom is -0.497 e. The van der Waals surface area contributed by atoms with Gasteiger partial charge in [-0.2, -0.15) is 0 Å². The number of methoxy groups -OCH3 is 2. The average molecular weight is 346 g/mol. The number of nitrogens with zero attached hydrogens (tertiary/aromatic N) is 3. The van der Waals surface area contributed by atoms with Gasteiger partial charge in [-0.3, -0.25) is 9.48 Å². The molecule has 1 aromatic heterocycles. The van der Waals surface area contributed by atoms with Gasteiger partial charge < -0.3 is 14.8 Å². The molecule has 0 radical (unpaired) electrons. The number of carbonyl (C=O) groups is 1. The van der Waals surface area contributed by atoms with Gasteiger partial charge in [-0.05, 0) is 24.0 Å². The van der Waals surface area contributed by atoms with E-state index in [4.69, 9.17) is 9.47 Å². The van der Waals surface area contributed by atoms with Crippen molar-refractivity contribution < 1.29 is 14.3 Å². The Balaban J connectivity index is 1.92. The van der Waals surface area contributed by atoms with Crippen LogP contribution < -0.4 is 14.8 Å². The van der Waals surface area contributed by atoms with E-state index in [2.05, 4.69) is 29.5 Å². The lowest BCUT2D eigenvalue weighted by Gasteiger charge is -2.22. The zero-order chi connectivity index (χ0) is 18.2. The van der Waals surface area contributed by atoms with E-state index in [-0.39, 0.29) is 11.9 Å². The van der Waals surface area contributed by atoms with Crippen LogP contribution in [0.1, 0.15) is 25.8 Å². The van der Waals surface area contributed by atoms with Crippen LogP contribution in [0, 0.1) is 5.92 Å². The SMILES string of the molecule is COc1ccc(CCC(=O)NC(Cn2ccnn2)C(C)C)c(OC)c1. The molecular weight excluding hydrogens is 320 g/mol. The van der Waals surface area contributed by atoms with Crippen LogP contribution in [0.15, 0.2) is 30.6 Å². The molecule has 0 saturated heterocycles. The number of nitrogens with one attached hydrogen (secondary N) is 1. The molecule has 1 atom stereocenters. The molecule has 136 valence electrons. The van der Waals surface area contributed by atoms with E-state index >= 15 is 0 Å². The molecule has 0 spiro atoms. The molecule has 7 heteroatoms. The molecule has 2 aromatic rings. The number of benzene rings is 1. The van der Waals surface area contributed by atoms with E-state index in [1.165, 1.54) is 0 Å². The summed E-state index contributed by atoms with van der Waals surface area (Å²) in [4.78, 5) is 12.4. The predicted octanol–water partition coefficient (Wildman–Crippen LogP) is 2.07. The van der Waals surface area contributed by atoms with Crippen molar-refractivity contribution in [2.24, 2.45) is 5.92 Å². The molecule has 1 unspecified atom stereocenters. The summed E-state index contributed by atoms with van der Waals surface area (Å²) in [6.07, 6.45) is 4.43. The number of hydrogen-bond donors (Lipinski definition) is 1. The van der Waals surface area contributed by atoms with E-state index in [0.29, 0.717) is 25.3 Å². The number of ether oxygens (including phenoxy) is 2. The second-order valence-electron chi connectivity index (χ2n) is 6.22. The van der Waals surface area contributed by atoms with E-state index in [1.54, 1.807) is 31.3 Å². The maximum absolute atomic E-state index is 12.4. The van der Waals surface area contributed by atoms with Crippen molar-refractivity contribution in [1.82, 2.24) is 20.3 Å². The molecule has 0 fully saturated rings. The van der Waals surface area contributed by atoms with Gasteiger partial charge in [0.15, 0.2) is 0 Å². The highest BCUT2D eigenvalue weighted by atomic mass is 16.5. The van der Waals surface area contributed by atoms with Crippen LogP contribution >= 0.6 is 0 Å². The summed E-state index contributed by atoms with van der Waals surface area (Å²) in [5.41, 5.74) is 0.982. The smallest absolute Gasteiger partial charge is 0.220 e. The Morgan fingerprint density at radius 1 is 1.28 bits per heavy atom. The highest BCUT2D eigenvalue weighted by Crippen LogP contribution is 2.25. The molecule has 2 rings (SSSR count). The summed E-state index contributed by atoms with van der Waals surface area (Å²) in [6, 6.07) is 5.64. The number of carbonyl (C=O) groups excluding carboxylic acids is 1. The molecule has 0 aliphatic rings. The van der Waals surface area contributed by atoms with Crippen molar-refractivity contribution in [3.05, 3.63) is 36.2 Å². The van der Waals surface area contributed by atoms with Crippen molar-refractivity contribution in [3.8, 4) is 11.5 Å². The number of aryl methyl sites for hydroxylation is 1. The number of rotatable bonds is 9. The van der Waals surface area contributed by atoms with E-state index in [1.807, 2.05) is 18.2 Å². The lowest BCUT2D eigenvalue weighted by Crippen LogP contribution is -2.41. The Morgan fingerprint density at radius 2 is 2.08 bits per heavy atom. The van der Waals surface area contributed by atoms with Crippen molar-refractivity contribution in [2.75, 3.05) is 14.2 Å². The van der Waals surface area contributed by atoms with Crippen LogP contribution in [0.4, 0.5) is 0 Å². The Kier molecular flexibility index (Phi) is 6.80. The van der Waals surface area contributed by atoms with Gasteiger partial charge in [0.2, 0.25) is 5.91 Å². The maximum atomic E-state index is 12.4. The number of aromatic nitrogens is 3. The van der Waals surface area contributed by atoms with Gasteiger partial charge in [0.1, 0.15) is 11.5 Å². The van der Waals surface area contributed by atoms with Crippen molar-refractivity contribution >= 4 is 5.91 Å². The number of hydrogen-bond acceptors (Lipinski definition) is 5. The summed E-state index contributed by atoms with van der Waals surface area (Å²) < 4.78 is 12.3. The van der Waals surface area contributed by atoms with Gasteiger partial charge >= 0.3 is 0 Å². The van der Waals surface area contributed by atoms with Crippen LogP contribution in [-0.2, 0) is 17.8 Å². The zero-order valence-electron chi connectivity index (χ0n) is 15.2. The van der Waals surface area contributed by atoms with Crippen LogP contribution in [0.2, 0.25) is 0 Å². The summed E-state index contributed by atoms with van der Waals surface area (Å²) in [5.74, 6) is 1.77. The first kappa shape index (κ1) is 18.8. The summed E-state index contributed by atoms with van der Waals surface area (Å²) in [6.45, 7) is 4.76. The van der Waals surface area contributed by atoms with Crippen LogP contribution in [0.3, 0.4) is 0 Å². The third-order valence-corrected chi connectivity index (χ3v) is 4.12. The Bertz CT molecular complexity index is 671. The van der Waals surface area contributed by atoms with Gasteiger partial charge in [-0.25, -0.2) is 0 Å². The minimum absolute atomic E-state index is 0.00645. The van der Waals surface area contributed by atoms with Crippen molar-refractivity contribution in [3.63, 3.8) is 0 Å². The first-order valence-electron chi connectivity index (χ1n) is 8.37. The second kappa shape index (κ2) is 9.05. The molecule has 25 heavy (non-hydrogen) atoms. The minimum atomic E-state index is 0.00645. The molecule has 1 heterocycles. The summed E-state index contributed by atoms with van der Waals surface area (Å²) in [5, 5.41) is 10.9. The standard InChI is InChI=1S/C18H26N4O3/c1-13(2)16(12-22-10-9-19-21-22)20-18(23)8-6-14-5-7-15(24-3)11-17(14)25-4/h5,7,9-11,13,16H,6,8,12H2,1-4H3,(H,20,23). The van der Waals surface area contributed by atoms with E-state index in [0.717, 1.165) is 17.1 Å². The lowest BCUT2D eigenvalue weighted by atomic mass is 10.0. The first-order valence-corrected chi connectivity index (χ1v) is 8.37. The zero-order valence-corrected chi connectivity index (χ0v) is 15.2. The fourth-order valence-corrected chi connectivity index (χ4v) is 2.54. The average Bonchev–Trinajstić information content (AvgIpc) is 3.12. The maximum Gasteiger partial charge on any atom is 0.220 e. The van der Waals surface area contributed by atoms with Crippen LogP contribution in [-0.4, -0.2) is 41.2 Å². The molecule has 7 nitrogen and oxygen atoms in total. The van der Waals surface area contributed by atoms with Gasteiger partial charge in [0, 0.05) is 18.7 Å². The first-order chi connectivity index (χ1) is 12.0. The molecule has 0 saturated carbocycles. The quantitative estimate of drug-likeness (QED) is 0.752. The van der Waals surface area contributed by atoms with Gasteiger partial charge in [-0.1, -0.05) is 25.1 Å². The Labute approximate surface area is 148 Å². The van der Waals surface area contributed by atoms with Crippen molar-refractivity contribution in [1.29, 1.82) is 0 Å². The Morgan fingerprint density at radius 3 is 2.68 bits per heavy atom. The highest BCUT2D eigenvalue weighted by Gasteiger charge is 2.17. The molecule has 1 N–H and O–H groups in total. The third-order valence-electron chi connectivity index (χ3n) is 4.12. The Hall–Kier alpha value is -2.57. The molecule has 0 bridgehead atoms. The van der Waals surface area contributed by atoms with Gasteiger partial charge in [0.25, 0.3) is 0 Å². The number of amides is 1. The van der Waals surface area contributed by atoms with Crippen LogP contribution in [0.25, 0.3) is 0 Å². The topological polar surface area (TPSA) is 78.3 Å². The van der Waals surface area contributed by atoms with E-state index in [9.17, 15) is 4.79 Å². The fraction of sp³-hybridized carbons (Fsp3) is 0.500. The summed E-state index contributed by atoms with van der Waals surface area (Å²) >= 11 is 0. The largest absolute Gasteiger partial charge is 0.497 e. The van der Waals surface area contributed by atoms with Gasteiger partial charge in [0.05, 0.1) is 33.0 Å². The third kappa shape index (κ3) is 5.48. The lowest BCUT2D eigenvalue weighted by molar-refractivity contribution is -0.122. The second-order valence-corrected chi connectivity index (χ2v) is 6.22. The van der Waals surface area contributed by atoms with Crippen LogP contribution in [0.5, 0.6) is 11.5 Å². The van der Waals surface area contributed by atoms with E-state index < -0.39 is 0 Å². The summed E-state index contributed by atoms with van der Waals surface area (Å²) in [7, 11) is 3.23. The van der Waals surface area contributed by atoms with Gasteiger partial charge in [-0.15, -0.1) is 5.10 Å². The molecular formula is C18H26N4O3. The molecule has 1 amide bonds. The highest BCUT2D eigenvalue weighted by molar-refractivity contribution is 5.76. The normalized spacial score (nSPS) is 12.0. The monoisotopic (exact) mass is 346 g/mol. The molecule has 0 aliphatic heterocycles. The fourth-order valence-electron chi connectivity index (χ4n) is 2.54. The van der Waals surface area contributed by atoms with Crippen molar-refractivity contribution in [2.45, 2.75) is 39.3 Å².